The van der Waals surface area contributed by atoms with E-state index in [1.165, 1.54) is 5.57 Å². The Balaban J connectivity index is 2.25. The molecule has 3 nitrogen and oxygen atoms in total. The van der Waals surface area contributed by atoms with E-state index in [-0.39, 0.29) is 0 Å². The van der Waals surface area contributed by atoms with Crippen molar-refractivity contribution in [2.75, 3.05) is 26.7 Å². The van der Waals surface area contributed by atoms with Crippen LogP contribution in [0.15, 0.2) is 36.5 Å². The molecule has 0 saturated heterocycles. The molecule has 1 aromatic rings. The van der Waals surface area contributed by atoms with Crippen LogP contribution in [0.1, 0.15) is 19.0 Å². The molecule has 0 aromatic carbocycles. The molecule has 0 atom stereocenters. The average molecular weight is 233 g/mol. The third kappa shape index (κ3) is 6.19. The molecule has 1 aromatic heterocycles. The number of aromatic nitrogens is 1. The highest BCUT2D eigenvalue weighted by Crippen LogP contribution is 2.01. The predicted molar refractivity (Wildman–Crippen MR) is 72.9 cm³/mol. The number of likely N-dealkylation sites (N-methyl/N-ethyl adjacent to an activating group) is 1. The second-order valence-corrected chi connectivity index (χ2v) is 4.42. The van der Waals surface area contributed by atoms with Gasteiger partial charge >= 0.3 is 0 Å². The highest BCUT2D eigenvalue weighted by Gasteiger charge is 2.02. The van der Waals surface area contributed by atoms with Crippen molar-refractivity contribution in [1.82, 2.24) is 15.2 Å². The van der Waals surface area contributed by atoms with Crippen LogP contribution in [0.3, 0.4) is 0 Å². The van der Waals surface area contributed by atoms with E-state index >= 15 is 0 Å². The lowest BCUT2D eigenvalue weighted by Gasteiger charge is -2.17. The summed E-state index contributed by atoms with van der Waals surface area (Å²) >= 11 is 0. The first-order chi connectivity index (χ1) is 8.22. The van der Waals surface area contributed by atoms with Crippen LogP contribution in [0, 0.1) is 0 Å². The lowest BCUT2D eigenvalue weighted by Crippen LogP contribution is -2.26. The van der Waals surface area contributed by atoms with Gasteiger partial charge < -0.3 is 5.32 Å². The van der Waals surface area contributed by atoms with Crippen LogP contribution < -0.4 is 5.32 Å². The molecule has 0 aliphatic rings. The first kappa shape index (κ1) is 13.9. The van der Waals surface area contributed by atoms with Crippen molar-refractivity contribution in [2.24, 2.45) is 0 Å². The summed E-state index contributed by atoms with van der Waals surface area (Å²) in [5.41, 5.74) is 2.32. The molecule has 0 saturated carbocycles. The summed E-state index contributed by atoms with van der Waals surface area (Å²) in [4.78, 5) is 6.55. The molecular formula is C14H23N3. The summed E-state index contributed by atoms with van der Waals surface area (Å²) in [6.45, 7) is 9.99. The van der Waals surface area contributed by atoms with Crippen molar-refractivity contribution in [1.29, 1.82) is 0 Å². The van der Waals surface area contributed by atoms with Crippen LogP contribution in [0.2, 0.25) is 0 Å². The zero-order valence-corrected chi connectivity index (χ0v) is 10.9. The Kier molecular flexibility index (Phi) is 6.51. The molecule has 94 valence electrons. The number of rotatable bonds is 8. The molecule has 0 spiro atoms. The molecule has 0 aliphatic carbocycles. The number of pyridine rings is 1. The van der Waals surface area contributed by atoms with E-state index in [4.69, 9.17) is 0 Å². The van der Waals surface area contributed by atoms with Crippen molar-refractivity contribution in [3.8, 4) is 0 Å². The Hall–Kier alpha value is -1.19. The molecule has 0 amide bonds. The minimum absolute atomic E-state index is 0.869. The highest BCUT2D eigenvalue weighted by atomic mass is 15.1. The normalized spacial score (nSPS) is 10.8. The van der Waals surface area contributed by atoms with Gasteiger partial charge in [-0.2, -0.15) is 0 Å². The molecular weight excluding hydrogens is 210 g/mol. The van der Waals surface area contributed by atoms with E-state index in [0.717, 1.165) is 38.3 Å². The third-order valence-electron chi connectivity index (χ3n) is 2.45. The van der Waals surface area contributed by atoms with Crippen LogP contribution in [0.25, 0.3) is 0 Å². The lowest BCUT2D eigenvalue weighted by atomic mass is 10.2. The molecule has 0 radical (unpaired) electrons. The Labute approximate surface area is 105 Å². The molecule has 0 aliphatic heterocycles. The number of hydrogen-bond acceptors (Lipinski definition) is 3. The van der Waals surface area contributed by atoms with Crippen LogP contribution in [0.5, 0.6) is 0 Å². The van der Waals surface area contributed by atoms with Gasteiger partial charge in [0.05, 0.1) is 5.69 Å². The SMILES string of the molecule is C=C(CNCCC)CN(C)Cc1ccccn1. The summed E-state index contributed by atoms with van der Waals surface area (Å²) in [5, 5.41) is 3.36. The zero-order chi connectivity index (χ0) is 12.5. The minimum Gasteiger partial charge on any atom is -0.313 e. The summed E-state index contributed by atoms with van der Waals surface area (Å²) in [7, 11) is 2.10. The van der Waals surface area contributed by atoms with E-state index in [9.17, 15) is 0 Å². The van der Waals surface area contributed by atoms with E-state index in [0.29, 0.717) is 0 Å². The highest BCUT2D eigenvalue weighted by molar-refractivity contribution is 5.05. The molecule has 3 heteroatoms. The predicted octanol–water partition coefficient (Wildman–Crippen LogP) is 2.07. The molecule has 0 bridgehead atoms. The van der Waals surface area contributed by atoms with Gasteiger partial charge in [0.15, 0.2) is 0 Å². The van der Waals surface area contributed by atoms with Crippen LogP contribution in [-0.2, 0) is 6.54 Å². The van der Waals surface area contributed by atoms with Gasteiger partial charge in [0.1, 0.15) is 0 Å². The summed E-state index contributed by atoms with van der Waals surface area (Å²) in [5.74, 6) is 0. The van der Waals surface area contributed by atoms with Crippen LogP contribution in [0.4, 0.5) is 0 Å². The fourth-order valence-corrected chi connectivity index (χ4v) is 1.70. The standard InChI is InChI=1S/C14H23N3/c1-4-8-15-10-13(2)11-17(3)12-14-7-5-6-9-16-14/h5-7,9,15H,2,4,8,10-12H2,1,3H3. The molecule has 1 rings (SSSR count). The van der Waals surface area contributed by atoms with Gasteiger partial charge in [-0.25, -0.2) is 0 Å². The van der Waals surface area contributed by atoms with Gasteiger partial charge in [-0.1, -0.05) is 19.6 Å². The van der Waals surface area contributed by atoms with Crippen LogP contribution >= 0.6 is 0 Å². The first-order valence-electron chi connectivity index (χ1n) is 6.18. The van der Waals surface area contributed by atoms with Gasteiger partial charge in [-0.05, 0) is 37.7 Å². The van der Waals surface area contributed by atoms with E-state index < -0.39 is 0 Å². The van der Waals surface area contributed by atoms with E-state index in [2.05, 4.69) is 41.8 Å². The van der Waals surface area contributed by atoms with Gasteiger partial charge in [0.25, 0.3) is 0 Å². The minimum atomic E-state index is 0.869. The molecule has 1 heterocycles. The van der Waals surface area contributed by atoms with Crippen molar-refractivity contribution in [3.05, 3.63) is 42.2 Å². The maximum absolute atomic E-state index is 4.31. The zero-order valence-electron chi connectivity index (χ0n) is 10.9. The molecule has 0 unspecified atom stereocenters. The van der Waals surface area contributed by atoms with E-state index in [1.807, 2.05) is 18.3 Å². The quantitative estimate of drug-likeness (QED) is 0.550. The van der Waals surface area contributed by atoms with Crippen molar-refractivity contribution < 1.29 is 0 Å². The topological polar surface area (TPSA) is 28.2 Å². The van der Waals surface area contributed by atoms with Gasteiger partial charge in [0.2, 0.25) is 0 Å². The third-order valence-corrected chi connectivity index (χ3v) is 2.45. The van der Waals surface area contributed by atoms with Crippen molar-refractivity contribution in [3.63, 3.8) is 0 Å². The maximum atomic E-state index is 4.31. The Morgan fingerprint density at radius 1 is 1.47 bits per heavy atom. The van der Waals surface area contributed by atoms with Crippen molar-refractivity contribution >= 4 is 0 Å². The van der Waals surface area contributed by atoms with E-state index in [1.54, 1.807) is 0 Å². The number of nitrogens with one attached hydrogen (secondary N) is 1. The first-order valence-corrected chi connectivity index (χ1v) is 6.18. The van der Waals surface area contributed by atoms with Crippen molar-refractivity contribution in [2.45, 2.75) is 19.9 Å². The molecule has 17 heavy (non-hydrogen) atoms. The van der Waals surface area contributed by atoms with Gasteiger partial charge in [-0.15, -0.1) is 0 Å². The average Bonchev–Trinajstić information content (AvgIpc) is 2.30. The van der Waals surface area contributed by atoms with Crippen LogP contribution in [-0.4, -0.2) is 36.6 Å². The smallest absolute Gasteiger partial charge is 0.0543 e. The Bertz CT molecular complexity index is 321. The number of hydrogen-bond donors (Lipinski definition) is 1. The lowest BCUT2D eigenvalue weighted by molar-refractivity contribution is 0.347. The fourth-order valence-electron chi connectivity index (χ4n) is 1.70. The largest absolute Gasteiger partial charge is 0.313 e. The molecule has 0 fully saturated rings. The Morgan fingerprint density at radius 2 is 2.29 bits per heavy atom. The Morgan fingerprint density at radius 3 is 2.94 bits per heavy atom. The second kappa shape index (κ2) is 7.98. The summed E-state index contributed by atoms with van der Waals surface area (Å²) in [6, 6.07) is 6.01. The van der Waals surface area contributed by atoms with Gasteiger partial charge in [0, 0.05) is 25.8 Å². The second-order valence-electron chi connectivity index (χ2n) is 4.42. The summed E-state index contributed by atoms with van der Waals surface area (Å²) < 4.78 is 0. The molecule has 1 N–H and O–H groups in total. The maximum Gasteiger partial charge on any atom is 0.0543 e. The monoisotopic (exact) mass is 233 g/mol. The van der Waals surface area contributed by atoms with Gasteiger partial charge in [-0.3, -0.25) is 9.88 Å². The fraction of sp³-hybridized carbons (Fsp3) is 0.500. The summed E-state index contributed by atoms with van der Waals surface area (Å²) in [6.07, 6.45) is 3.00. The number of nitrogens with zero attached hydrogens (tertiary/aromatic N) is 2.